The predicted molar refractivity (Wildman–Crippen MR) is 79.4 cm³/mol. The molecule has 5 heteroatoms. The van der Waals surface area contributed by atoms with Crippen LogP contribution in [0.2, 0.25) is 0 Å². The molecule has 0 aliphatic rings. The molecule has 0 atom stereocenters. The molecule has 112 valence electrons. The normalized spacial score (nSPS) is 10.4. The SMILES string of the molecule is COc1ccc(OCCn2c(C)cc(C)c2C(=O)O)cc1. The third kappa shape index (κ3) is 3.37. The highest BCUT2D eigenvalue weighted by atomic mass is 16.5. The summed E-state index contributed by atoms with van der Waals surface area (Å²) < 4.78 is 12.5. The molecule has 5 nitrogen and oxygen atoms in total. The summed E-state index contributed by atoms with van der Waals surface area (Å²) in [7, 11) is 1.61. The lowest BCUT2D eigenvalue weighted by Gasteiger charge is -2.11. The maximum Gasteiger partial charge on any atom is 0.352 e. The van der Waals surface area contributed by atoms with Gasteiger partial charge < -0.3 is 19.1 Å². The monoisotopic (exact) mass is 289 g/mol. The Bertz CT molecular complexity index is 628. The molecule has 0 saturated carbocycles. The van der Waals surface area contributed by atoms with E-state index in [9.17, 15) is 9.90 Å². The number of carbonyl (C=O) groups is 1. The number of hydrogen-bond acceptors (Lipinski definition) is 3. The molecule has 0 saturated heterocycles. The summed E-state index contributed by atoms with van der Waals surface area (Å²) in [5, 5.41) is 9.26. The fourth-order valence-electron chi connectivity index (χ4n) is 2.35. The molecule has 0 radical (unpaired) electrons. The molecule has 2 aromatic rings. The van der Waals surface area contributed by atoms with Gasteiger partial charge in [-0.3, -0.25) is 0 Å². The molecule has 1 aromatic heterocycles. The van der Waals surface area contributed by atoms with Crippen LogP contribution >= 0.6 is 0 Å². The maximum absolute atomic E-state index is 11.3. The molecule has 0 spiro atoms. The Labute approximate surface area is 123 Å². The van der Waals surface area contributed by atoms with Crippen LogP contribution < -0.4 is 9.47 Å². The minimum absolute atomic E-state index is 0.325. The van der Waals surface area contributed by atoms with Crippen molar-refractivity contribution in [3.05, 3.63) is 47.3 Å². The Morgan fingerprint density at radius 1 is 1.19 bits per heavy atom. The van der Waals surface area contributed by atoms with E-state index >= 15 is 0 Å². The van der Waals surface area contributed by atoms with Gasteiger partial charge in [0.1, 0.15) is 23.8 Å². The highest BCUT2D eigenvalue weighted by Crippen LogP contribution is 2.18. The molecule has 0 unspecified atom stereocenters. The van der Waals surface area contributed by atoms with Gasteiger partial charge in [0.2, 0.25) is 0 Å². The summed E-state index contributed by atoms with van der Waals surface area (Å²) in [5.41, 5.74) is 2.01. The lowest BCUT2D eigenvalue weighted by Crippen LogP contribution is -2.15. The number of benzene rings is 1. The zero-order valence-electron chi connectivity index (χ0n) is 12.4. The van der Waals surface area contributed by atoms with Crippen molar-refractivity contribution in [2.24, 2.45) is 0 Å². The number of carboxylic acid groups (broad SMARTS) is 1. The van der Waals surface area contributed by atoms with Crippen LogP contribution in [0.3, 0.4) is 0 Å². The van der Waals surface area contributed by atoms with Crippen molar-refractivity contribution in [1.82, 2.24) is 4.57 Å². The third-order valence-electron chi connectivity index (χ3n) is 3.34. The van der Waals surface area contributed by atoms with E-state index in [2.05, 4.69) is 0 Å². The molecule has 1 aromatic carbocycles. The Morgan fingerprint density at radius 2 is 1.81 bits per heavy atom. The lowest BCUT2D eigenvalue weighted by atomic mass is 10.2. The van der Waals surface area contributed by atoms with Gasteiger partial charge in [-0.15, -0.1) is 0 Å². The standard InChI is InChI=1S/C16H19NO4/c1-11-10-12(2)17(15(11)16(18)19)8-9-21-14-6-4-13(20-3)5-7-14/h4-7,10H,8-9H2,1-3H3,(H,18,19). The van der Waals surface area contributed by atoms with Crippen LogP contribution in [0.25, 0.3) is 0 Å². The van der Waals surface area contributed by atoms with Crippen LogP contribution in [0.5, 0.6) is 11.5 Å². The molecule has 0 amide bonds. The molecular formula is C16H19NO4. The topological polar surface area (TPSA) is 60.7 Å². The van der Waals surface area contributed by atoms with Gasteiger partial charge in [-0.1, -0.05) is 0 Å². The number of aromatic nitrogens is 1. The Kier molecular flexibility index (Phi) is 4.52. The van der Waals surface area contributed by atoms with E-state index in [0.717, 1.165) is 22.8 Å². The highest BCUT2D eigenvalue weighted by molar-refractivity contribution is 5.87. The number of carboxylic acids is 1. The minimum Gasteiger partial charge on any atom is -0.497 e. The van der Waals surface area contributed by atoms with Crippen LogP contribution in [0.1, 0.15) is 21.7 Å². The van der Waals surface area contributed by atoms with Gasteiger partial charge in [0, 0.05) is 5.69 Å². The zero-order valence-corrected chi connectivity index (χ0v) is 12.4. The average molecular weight is 289 g/mol. The van der Waals surface area contributed by atoms with Crippen molar-refractivity contribution in [3.63, 3.8) is 0 Å². The van der Waals surface area contributed by atoms with E-state index in [1.54, 1.807) is 18.6 Å². The Morgan fingerprint density at radius 3 is 2.38 bits per heavy atom. The summed E-state index contributed by atoms with van der Waals surface area (Å²) >= 11 is 0. The van der Waals surface area contributed by atoms with E-state index in [-0.39, 0.29) is 0 Å². The fourth-order valence-corrected chi connectivity index (χ4v) is 2.35. The number of aromatic carboxylic acids is 1. The van der Waals surface area contributed by atoms with Gasteiger partial charge in [0.15, 0.2) is 0 Å². The van der Waals surface area contributed by atoms with Gasteiger partial charge in [0.25, 0.3) is 0 Å². The third-order valence-corrected chi connectivity index (χ3v) is 3.34. The minimum atomic E-state index is -0.912. The van der Waals surface area contributed by atoms with Crippen LogP contribution in [0.4, 0.5) is 0 Å². The number of methoxy groups -OCH3 is 1. The van der Waals surface area contributed by atoms with Crippen molar-refractivity contribution in [3.8, 4) is 11.5 Å². The van der Waals surface area contributed by atoms with Crippen LogP contribution in [0, 0.1) is 13.8 Å². The fraction of sp³-hybridized carbons (Fsp3) is 0.312. The predicted octanol–water partition coefficient (Wildman–Crippen LogP) is 2.89. The van der Waals surface area contributed by atoms with Crippen LogP contribution in [0.15, 0.2) is 30.3 Å². The smallest absolute Gasteiger partial charge is 0.352 e. The summed E-state index contributed by atoms with van der Waals surface area (Å²) in [6.45, 7) is 4.60. The summed E-state index contributed by atoms with van der Waals surface area (Å²) in [6.07, 6.45) is 0. The molecule has 0 aliphatic carbocycles. The van der Waals surface area contributed by atoms with Crippen molar-refractivity contribution in [1.29, 1.82) is 0 Å². The number of rotatable bonds is 6. The van der Waals surface area contributed by atoms with E-state index in [1.165, 1.54) is 0 Å². The molecule has 0 bridgehead atoms. The van der Waals surface area contributed by atoms with E-state index in [0.29, 0.717) is 18.8 Å². The molecule has 1 heterocycles. The summed E-state index contributed by atoms with van der Waals surface area (Å²) in [4.78, 5) is 11.3. The maximum atomic E-state index is 11.3. The second-order valence-corrected chi connectivity index (χ2v) is 4.80. The van der Waals surface area contributed by atoms with Gasteiger partial charge in [-0.2, -0.15) is 0 Å². The van der Waals surface area contributed by atoms with Crippen molar-refractivity contribution >= 4 is 5.97 Å². The molecule has 0 aliphatic heterocycles. The summed E-state index contributed by atoms with van der Waals surface area (Å²) in [6, 6.07) is 9.17. The Hall–Kier alpha value is -2.43. The number of aryl methyl sites for hydroxylation is 2. The van der Waals surface area contributed by atoms with Crippen molar-refractivity contribution in [2.75, 3.05) is 13.7 Å². The van der Waals surface area contributed by atoms with Gasteiger partial charge in [0.05, 0.1) is 13.7 Å². The van der Waals surface area contributed by atoms with Crippen LogP contribution in [-0.4, -0.2) is 29.4 Å². The van der Waals surface area contributed by atoms with Gasteiger partial charge in [-0.25, -0.2) is 4.79 Å². The Balaban J connectivity index is 2.01. The average Bonchev–Trinajstić information content (AvgIpc) is 2.74. The first-order valence-corrected chi connectivity index (χ1v) is 6.70. The van der Waals surface area contributed by atoms with Gasteiger partial charge >= 0.3 is 5.97 Å². The molecule has 2 rings (SSSR count). The molecular weight excluding hydrogens is 270 g/mol. The summed E-state index contributed by atoms with van der Waals surface area (Å²) in [5.74, 6) is 0.589. The number of nitrogens with zero attached hydrogens (tertiary/aromatic N) is 1. The number of ether oxygens (including phenoxy) is 2. The second kappa shape index (κ2) is 6.35. The largest absolute Gasteiger partial charge is 0.497 e. The highest BCUT2D eigenvalue weighted by Gasteiger charge is 2.15. The molecule has 21 heavy (non-hydrogen) atoms. The van der Waals surface area contributed by atoms with Gasteiger partial charge in [-0.05, 0) is 49.7 Å². The second-order valence-electron chi connectivity index (χ2n) is 4.80. The van der Waals surface area contributed by atoms with Crippen molar-refractivity contribution in [2.45, 2.75) is 20.4 Å². The molecule has 1 N–H and O–H groups in total. The zero-order chi connectivity index (χ0) is 15.4. The molecule has 0 fully saturated rings. The first kappa shape index (κ1) is 15.0. The van der Waals surface area contributed by atoms with Crippen molar-refractivity contribution < 1.29 is 19.4 Å². The lowest BCUT2D eigenvalue weighted by molar-refractivity contribution is 0.0683. The van der Waals surface area contributed by atoms with E-state index in [1.807, 2.05) is 37.3 Å². The quantitative estimate of drug-likeness (QED) is 0.888. The number of hydrogen-bond donors (Lipinski definition) is 1. The first-order chi connectivity index (χ1) is 10.0. The van der Waals surface area contributed by atoms with Crippen LogP contribution in [-0.2, 0) is 6.54 Å². The first-order valence-electron chi connectivity index (χ1n) is 6.70. The van der Waals surface area contributed by atoms with E-state index in [4.69, 9.17) is 9.47 Å². The van der Waals surface area contributed by atoms with E-state index < -0.39 is 5.97 Å².